The molecule has 25 heavy (non-hydrogen) atoms. The molecule has 0 spiro atoms. The maximum atomic E-state index is 13.2. The van der Waals surface area contributed by atoms with Crippen LogP contribution in [0.3, 0.4) is 0 Å². The molecule has 0 saturated heterocycles. The molecule has 4 N–H and O–H groups in total. The van der Waals surface area contributed by atoms with Crippen molar-refractivity contribution in [1.29, 1.82) is 0 Å². The van der Waals surface area contributed by atoms with E-state index in [0.29, 0.717) is 6.07 Å². The first-order valence-corrected chi connectivity index (χ1v) is 7.32. The first kappa shape index (κ1) is 20.7. The molecule has 0 unspecified atom stereocenters. The Bertz CT molecular complexity index is 621. The van der Waals surface area contributed by atoms with E-state index < -0.39 is 48.8 Å². The minimum atomic E-state index is -4.62. The second-order valence-electron chi connectivity index (χ2n) is 5.58. The highest BCUT2D eigenvalue weighted by molar-refractivity contribution is 5.96. The van der Waals surface area contributed by atoms with Gasteiger partial charge in [0.15, 0.2) is 6.61 Å². The molecule has 0 radical (unpaired) electrons. The summed E-state index contributed by atoms with van der Waals surface area (Å²) in [5.74, 6) is -2.71. The SMILES string of the molecule is CC(C)[C@H](N)C(=O)NCC(=O)Nc1ccc(F)cc1OCC(F)(F)F. The topological polar surface area (TPSA) is 93.5 Å². The zero-order chi connectivity index (χ0) is 19.2. The van der Waals surface area contributed by atoms with Crippen LogP contribution in [0.4, 0.5) is 23.2 Å². The van der Waals surface area contributed by atoms with Crippen molar-refractivity contribution < 1.29 is 31.9 Å². The van der Waals surface area contributed by atoms with Crippen LogP contribution in [0.15, 0.2) is 18.2 Å². The van der Waals surface area contributed by atoms with Gasteiger partial charge in [0.05, 0.1) is 18.3 Å². The van der Waals surface area contributed by atoms with Crippen LogP contribution in [0.25, 0.3) is 0 Å². The van der Waals surface area contributed by atoms with Crippen molar-refractivity contribution in [2.75, 3.05) is 18.5 Å². The van der Waals surface area contributed by atoms with E-state index in [0.717, 1.165) is 12.1 Å². The summed E-state index contributed by atoms with van der Waals surface area (Å²) in [5.41, 5.74) is 5.45. The van der Waals surface area contributed by atoms with E-state index in [1.54, 1.807) is 13.8 Å². The third-order valence-electron chi connectivity index (χ3n) is 3.05. The van der Waals surface area contributed by atoms with Gasteiger partial charge < -0.3 is 21.1 Å². The number of ether oxygens (including phenoxy) is 1. The Hall–Kier alpha value is -2.36. The predicted octanol–water partition coefficient (Wildman–Crippen LogP) is 1.80. The molecule has 1 aromatic carbocycles. The first-order chi connectivity index (χ1) is 11.5. The Kier molecular flexibility index (Phi) is 7.16. The molecular formula is C15H19F4N3O3. The molecule has 1 atom stereocenters. The van der Waals surface area contributed by atoms with Gasteiger partial charge in [-0.25, -0.2) is 4.39 Å². The Morgan fingerprint density at radius 3 is 2.48 bits per heavy atom. The average molecular weight is 365 g/mol. The monoisotopic (exact) mass is 365 g/mol. The number of anilines is 1. The Balaban J connectivity index is 2.69. The molecule has 0 aromatic heterocycles. The van der Waals surface area contributed by atoms with E-state index in [1.165, 1.54) is 0 Å². The third-order valence-corrected chi connectivity index (χ3v) is 3.05. The molecule has 0 heterocycles. The summed E-state index contributed by atoms with van der Waals surface area (Å²) in [6, 6.07) is 1.92. The molecular weight excluding hydrogens is 346 g/mol. The zero-order valence-electron chi connectivity index (χ0n) is 13.6. The van der Waals surface area contributed by atoms with Crippen LogP contribution in [-0.2, 0) is 9.59 Å². The molecule has 0 aliphatic rings. The molecule has 0 bridgehead atoms. The van der Waals surface area contributed by atoms with E-state index in [-0.39, 0.29) is 11.6 Å². The van der Waals surface area contributed by atoms with Crippen LogP contribution in [0.5, 0.6) is 5.75 Å². The van der Waals surface area contributed by atoms with Crippen molar-refractivity contribution in [2.24, 2.45) is 11.7 Å². The van der Waals surface area contributed by atoms with E-state index in [9.17, 15) is 27.2 Å². The number of carbonyl (C=O) groups excluding carboxylic acids is 2. The summed E-state index contributed by atoms with van der Waals surface area (Å²) in [6.07, 6.45) is -4.62. The fourth-order valence-corrected chi connectivity index (χ4v) is 1.66. The molecule has 10 heteroatoms. The van der Waals surface area contributed by atoms with Crippen molar-refractivity contribution in [1.82, 2.24) is 5.32 Å². The Morgan fingerprint density at radius 2 is 1.92 bits per heavy atom. The van der Waals surface area contributed by atoms with Crippen molar-refractivity contribution in [2.45, 2.75) is 26.1 Å². The number of benzene rings is 1. The second-order valence-corrected chi connectivity index (χ2v) is 5.58. The van der Waals surface area contributed by atoms with Gasteiger partial charge in [-0.1, -0.05) is 13.8 Å². The van der Waals surface area contributed by atoms with Crippen LogP contribution in [0.2, 0.25) is 0 Å². The lowest BCUT2D eigenvalue weighted by Crippen LogP contribution is -2.46. The minimum absolute atomic E-state index is 0.137. The van der Waals surface area contributed by atoms with Crippen LogP contribution in [0.1, 0.15) is 13.8 Å². The van der Waals surface area contributed by atoms with Gasteiger partial charge in [-0.2, -0.15) is 13.2 Å². The quantitative estimate of drug-likeness (QED) is 0.643. The molecule has 0 fully saturated rings. The third kappa shape index (κ3) is 7.38. The number of nitrogens with two attached hydrogens (primary N) is 1. The van der Waals surface area contributed by atoms with Gasteiger partial charge in [-0.15, -0.1) is 0 Å². The van der Waals surface area contributed by atoms with Gasteiger partial charge in [0.1, 0.15) is 11.6 Å². The standard InChI is InChI=1S/C15H19F4N3O3/c1-8(2)13(20)14(24)21-6-12(23)22-10-4-3-9(16)5-11(10)25-7-15(17,18)19/h3-5,8,13H,6-7,20H2,1-2H3,(H,21,24)(H,22,23)/t13-/m0/s1. The Labute approximate surface area is 141 Å². The largest absolute Gasteiger partial charge is 0.482 e. The lowest BCUT2D eigenvalue weighted by molar-refractivity contribution is -0.153. The van der Waals surface area contributed by atoms with Gasteiger partial charge in [-0.3, -0.25) is 9.59 Å². The van der Waals surface area contributed by atoms with Gasteiger partial charge in [-0.05, 0) is 18.1 Å². The summed E-state index contributed by atoms with van der Waals surface area (Å²) in [4.78, 5) is 23.5. The van der Waals surface area contributed by atoms with Crippen LogP contribution in [0, 0.1) is 11.7 Å². The number of halogens is 4. The van der Waals surface area contributed by atoms with Crippen LogP contribution < -0.4 is 21.1 Å². The molecule has 0 saturated carbocycles. The van der Waals surface area contributed by atoms with Gasteiger partial charge in [0, 0.05) is 6.07 Å². The highest BCUT2D eigenvalue weighted by Crippen LogP contribution is 2.27. The van der Waals surface area contributed by atoms with E-state index >= 15 is 0 Å². The molecule has 0 aliphatic heterocycles. The molecule has 2 amide bonds. The lowest BCUT2D eigenvalue weighted by atomic mass is 10.1. The number of hydrogen-bond donors (Lipinski definition) is 3. The fourth-order valence-electron chi connectivity index (χ4n) is 1.66. The summed E-state index contributed by atoms with van der Waals surface area (Å²) < 4.78 is 54.3. The van der Waals surface area contributed by atoms with Crippen LogP contribution >= 0.6 is 0 Å². The summed E-state index contributed by atoms with van der Waals surface area (Å²) >= 11 is 0. The minimum Gasteiger partial charge on any atom is -0.482 e. The molecule has 6 nitrogen and oxygen atoms in total. The van der Waals surface area contributed by atoms with Crippen LogP contribution in [-0.4, -0.2) is 37.2 Å². The predicted molar refractivity (Wildman–Crippen MR) is 82.4 cm³/mol. The lowest BCUT2D eigenvalue weighted by Gasteiger charge is -2.16. The maximum Gasteiger partial charge on any atom is 0.422 e. The van der Waals surface area contributed by atoms with Crippen molar-refractivity contribution in [3.8, 4) is 5.75 Å². The van der Waals surface area contributed by atoms with Crippen molar-refractivity contribution in [3.63, 3.8) is 0 Å². The number of alkyl halides is 3. The van der Waals surface area contributed by atoms with Gasteiger partial charge in [0.25, 0.3) is 0 Å². The van der Waals surface area contributed by atoms with Gasteiger partial charge >= 0.3 is 6.18 Å². The molecule has 1 aromatic rings. The van der Waals surface area contributed by atoms with Crippen molar-refractivity contribution >= 4 is 17.5 Å². The number of carbonyl (C=O) groups is 2. The second kappa shape index (κ2) is 8.65. The molecule has 0 aliphatic carbocycles. The fraction of sp³-hybridized carbons (Fsp3) is 0.467. The first-order valence-electron chi connectivity index (χ1n) is 7.32. The van der Waals surface area contributed by atoms with E-state index in [4.69, 9.17) is 5.73 Å². The number of amides is 2. The maximum absolute atomic E-state index is 13.2. The molecule has 1 rings (SSSR count). The number of hydrogen-bond acceptors (Lipinski definition) is 4. The normalized spacial score (nSPS) is 12.6. The zero-order valence-corrected chi connectivity index (χ0v) is 13.6. The highest BCUT2D eigenvalue weighted by atomic mass is 19.4. The highest BCUT2D eigenvalue weighted by Gasteiger charge is 2.29. The van der Waals surface area contributed by atoms with Crippen molar-refractivity contribution in [3.05, 3.63) is 24.0 Å². The summed E-state index contributed by atoms with van der Waals surface area (Å²) in [7, 11) is 0. The summed E-state index contributed by atoms with van der Waals surface area (Å²) in [5, 5.41) is 4.54. The number of nitrogens with one attached hydrogen (secondary N) is 2. The van der Waals surface area contributed by atoms with E-state index in [2.05, 4.69) is 15.4 Å². The van der Waals surface area contributed by atoms with E-state index in [1.807, 2.05) is 0 Å². The Morgan fingerprint density at radius 1 is 1.28 bits per heavy atom. The molecule has 140 valence electrons. The smallest absolute Gasteiger partial charge is 0.422 e. The van der Waals surface area contributed by atoms with Gasteiger partial charge in [0.2, 0.25) is 11.8 Å². The number of rotatable bonds is 7. The summed E-state index contributed by atoms with van der Waals surface area (Å²) in [6.45, 7) is 1.37. The average Bonchev–Trinajstić information content (AvgIpc) is 2.51.